The Kier molecular flexibility index (Phi) is 4.40. The van der Waals surface area contributed by atoms with E-state index in [9.17, 15) is 4.79 Å². The van der Waals surface area contributed by atoms with Crippen molar-refractivity contribution >= 4 is 49.9 Å². The molecule has 0 spiro atoms. The molecule has 0 saturated carbocycles. The zero-order valence-electron chi connectivity index (χ0n) is 17.3. The maximum atomic E-state index is 12.9. The first-order valence-corrected chi connectivity index (χ1v) is 12.3. The summed E-state index contributed by atoms with van der Waals surface area (Å²) in [5, 5.41) is 11.6. The average molecular weight is 448 g/mol. The largest absolute Gasteiger partial charge is 0.309 e. The maximum Gasteiger partial charge on any atom is 0.259 e. The van der Waals surface area contributed by atoms with Gasteiger partial charge in [-0.3, -0.25) is 9.20 Å². The first kappa shape index (κ1) is 19.0. The van der Waals surface area contributed by atoms with Crippen LogP contribution >= 0.6 is 23.1 Å². The summed E-state index contributed by atoms with van der Waals surface area (Å²) < 4.78 is 2.08. The molecule has 8 heteroatoms. The normalized spacial score (nSPS) is 16.4. The Bertz CT molecular complexity index is 1530. The van der Waals surface area contributed by atoms with Crippen LogP contribution in [0.4, 0.5) is 0 Å². The molecular weight excluding hydrogens is 426 g/mol. The number of thioether (sulfide) groups is 1. The van der Waals surface area contributed by atoms with Gasteiger partial charge in [0.25, 0.3) is 5.56 Å². The third-order valence-corrected chi connectivity index (χ3v) is 8.21. The van der Waals surface area contributed by atoms with Gasteiger partial charge < -0.3 is 4.98 Å². The maximum absolute atomic E-state index is 12.9. The van der Waals surface area contributed by atoms with Gasteiger partial charge in [-0.2, -0.15) is 0 Å². The molecule has 0 unspecified atom stereocenters. The van der Waals surface area contributed by atoms with E-state index in [2.05, 4.69) is 51.6 Å². The van der Waals surface area contributed by atoms with E-state index in [1.165, 1.54) is 21.4 Å². The summed E-state index contributed by atoms with van der Waals surface area (Å²) in [5.74, 6) is 1.89. The number of rotatable bonds is 3. The highest BCUT2D eigenvalue weighted by Crippen LogP contribution is 2.36. The molecule has 6 nitrogen and oxygen atoms in total. The standard InChI is InChI=1S/C23H21N5OS2/c1-12-7-8-15-17(9-12)31-22-20(15)21(29)24-18(25-22)11-30-23-27-26-19-10-13(2)14-5-3-4-6-16(14)28(19)23/h3-6,10,12H,7-9,11H2,1-2H3,(H,24,25,29)/t12-/m0/s1. The van der Waals surface area contributed by atoms with Crippen molar-refractivity contribution < 1.29 is 0 Å². The summed E-state index contributed by atoms with van der Waals surface area (Å²) >= 11 is 3.23. The lowest BCUT2D eigenvalue weighted by Crippen LogP contribution is -2.14. The molecule has 6 rings (SSSR count). The van der Waals surface area contributed by atoms with E-state index in [-0.39, 0.29) is 5.56 Å². The van der Waals surface area contributed by atoms with Gasteiger partial charge >= 0.3 is 0 Å². The van der Waals surface area contributed by atoms with Crippen LogP contribution in [-0.4, -0.2) is 24.6 Å². The SMILES string of the molecule is Cc1cc2nnc(SCc3nc4sc5c(c4c(=O)[nH]3)CC[C@H](C)C5)n2c2ccccc12. The summed E-state index contributed by atoms with van der Waals surface area (Å²) in [6.45, 7) is 4.37. The molecule has 0 bridgehead atoms. The number of nitrogens with zero attached hydrogens (tertiary/aromatic N) is 4. The molecule has 0 radical (unpaired) electrons. The molecule has 0 fully saturated rings. The lowest BCUT2D eigenvalue weighted by molar-refractivity contribution is 0.509. The van der Waals surface area contributed by atoms with Crippen molar-refractivity contribution in [3.63, 3.8) is 0 Å². The van der Waals surface area contributed by atoms with Crippen molar-refractivity contribution in [2.45, 2.75) is 44.0 Å². The first-order chi connectivity index (χ1) is 15.1. The van der Waals surface area contributed by atoms with Gasteiger partial charge in [0, 0.05) is 10.3 Å². The van der Waals surface area contributed by atoms with E-state index < -0.39 is 0 Å². The van der Waals surface area contributed by atoms with E-state index in [0.717, 1.165) is 45.8 Å². The van der Waals surface area contributed by atoms with Crippen LogP contribution in [0.2, 0.25) is 0 Å². The Hall–Kier alpha value is -2.71. The van der Waals surface area contributed by atoms with Crippen molar-refractivity contribution in [3.8, 4) is 0 Å². The highest BCUT2D eigenvalue weighted by atomic mass is 32.2. The molecule has 0 aliphatic heterocycles. The Morgan fingerprint density at radius 1 is 1.29 bits per heavy atom. The fourth-order valence-electron chi connectivity index (χ4n) is 4.56. The van der Waals surface area contributed by atoms with Crippen LogP contribution in [0.1, 0.15) is 35.2 Å². The first-order valence-electron chi connectivity index (χ1n) is 10.5. The molecule has 0 saturated heterocycles. The quantitative estimate of drug-likeness (QED) is 0.398. The van der Waals surface area contributed by atoms with Crippen LogP contribution in [0.3, 0.4) is 0 Å². The van der Waals surface area contributed by atoms with Gasteiger partial charge in [-0.15, -0.1) is 21.5 Å². The second-order valence-electron chi connectivity index (χ2n) is 8.35. The molecule has 1 aromatic carbocycles. The summed E-state index contributed by atoms with van der Waals surface area (Å²) in [6.07, 6.45) is 3.18. The molecule has 156 valence electrons. The number of fused-ring (bicyclic) bond motifs is 6. The Morgan fingerprint density at radius 3 is 3.06 bits per heavy atom. The number of nitrogens with one attached hydrogen (secondary N) is 1. The van der Waals surface area contributed by atoms with Crippen molar-refractivity contribution in [2.24, 2.45) is 5.92 Å². The highest BCUT2D eigenvalue weighted by Gasteiger charge is 2.23. The summed E-state index contributed by atoms with van der Waals surface area (Å²) in [4.78, 5) is 22.9. The number of benzene rings is 1. The molecule has 1 atom stereocenters. The number of H-pyrrole nitrogens is 1. The van der Waals surface area contributed by atoms with Gasteiger partial charge in [-0.1, -0.05) is 36.9 Å². The molecule has 1 aliphatic rings. The molecule has 4 aromatic heterocycles. The zero-order chi connectivity index (χ0) is 21.1. The van der Waals surface area contributed by atoms with Crippen molar-refractivity contribution in [2.75, 3.05) is 0 Å². The lowest BCUT2D eigenvalue weighted by atomic mass is 9.89. The minimum Gasteiger partial charge on any atom is -0.309 e. The van der Waals surface area contributed by atoms with Crippen LogP contribution in [-0.2, 0) is 18.6 Å². The summed E-state index contributed by atoms with van der Waals surface area (Å²) in [7, 11) is 0. The Labute approximate surface area is 186 Å². The van der Waals surface area contributed by atoms with Crippen LogP contribution < -0.4 is 5.56 Å². The van der Waals surface area contributed by atoms with Crippen LogP contribution in [0.5, 0.6) is 0 Å². The summed E-state index contributed by atoms with van der Waals surface area (Å²) in [5.41, 5.74) is 4.30. The van der Waals surface area contributed by atoms with E-state index in [1.807, 2.05) is 12.1 Å². The predicted molar refractivity (Wildman–Crippen MR) is 126 cm³/mol. The fourth-order valence-corrected chi connectivity index (χ4v) is 6.79. The predicted octanol–water partition coefficient (Wildman–Crippen LogP) is 4.91. The smallest absolute Gasteiger partial charge is 0.259 e. The Balaban J connectivity index is 1.37. The molecule has 1 aliphatic carbocycles. The van der Waals surface area contributed by atoms with Gasteiger partial charge in [-0.25, -0.2) is 4.98 Å². The van der Waals surface area contributed by atoms with Crippen LogP contribution in [0, 0.1) is 12.8 Å². The van der Waals surface area contributed by atoms with Crippen molar-refractivity contribution in [1.82, 2.24) is 24.6 Å². The van der Waals surface area contributed by atoms with Gasteiger partial charge in [0.1, 0.15) is 10.7 Å². The molecule has 5 aromatic rings. The third kappa shape index (κ3) is 3.08. The minimum absolute atomic E-state index is 0.0140. The van der Waals surface area contributed by atoms with E-state index >= 15 is 0 Å². The van der Waals surface area contributed by atoms with Crippen molar-refractivity contribution in [1.29, 1.82) is 0 Å². The van der Waals surface area contributed by atoms with Crippen LogP contribution in [0.25, 0.3) is 26.8 Å². The van der Waals surface area contributed by atoms with E-state index in [1.54, 1.807) is 23.1 Å². The second-order valence-corrected chi connectivity index (χ2v) is 10.4. The topological polar surface area (TPSA) is 75.9 Å². The molecular formula is C23H21N5OS2. The number of thiophene rings is 1. The van der Waals surface area contributed by atoms with Gasteiger partial charge in [0.15, 0.2) is 10.8 Å². The summed E-state index contributed by atoms with van der Waals surface area (Å²) in [6, 6.07) is 10.3. The Morgan fingerprint density at radius 2 is 2.16 bits per heavy atom. The number of aromatic amines is 1. The number of hydrogen-bond acceptors (Lipinski definition) is 6. The molecule has 0 amide bonds. The second kappa shape index (κ2) is 7.17. The molecule has 31 heavy (non-hydrogen) atoms. The third-order valence-electron chi connectivity index (χ3n) is 6.13. The number of aryl methyl sites for hydroxylation is 2. The van der Waals surface area contributed by atoms with Gasteiger partial charge in [-0.05, 0) is 55.4 Å². The molecule has 4 heterocycles. The monoisotopic (exact) mass is 447 g/mol. The number of aromatic nitrogens is 5. The lowest BCUT2D eigenvalue weighted by Gasteiger charge is -2.17. The minimum atomic E-state index is -0.0140. The van der Waals surface area contributed by atoms with Gasteiger partial charge in [0.05, 0.1) is 16.7 Å². The zero-order valence-corrected chi connectivity index (χ0v) is 18.9. The molecule has 1 N–H and O–H groups in total. The van der Waals surface area contributed by atoms with E-state index in [0.29, 0.717) is 17.5 Å². The van der Waals surface area contributed by atoms with Crippen molar-refractivity contribution in [3.05, 3.63) is 62.5 Å². The fraction of sp³-hybridized carbons (Fsp3) is 0.304. The number of hydrogen-bond donors (Lipinski definition) is 1. The van der Waals surface area contributed by atoms with E-state index in [4.69, 9.17) is 4.98 Å². The van der Waals surface area contributed by atoms with Gasteiger partial charge in [0.2, 0.25) is 0 Å². The number of para-hydroxylation sites is 1. The highest BCUT2D eigenvalue weighted by molar-refractivity contribution is 7.98. The number of pyridine rings is 1. The van der Waals surface area contributed by atoms with Crippen LogP contribution in [0.15, 0.2) is 40.3 Å². The average Bonchev–Trinajstić information content (AvgIpc) is 3.33.